The van der Waals surface area contributed by atoms with E-state index in [0.717, 1.165) is 5.39 Å². The van der Waals surface area contributed by atoms with Gasteiger partial charge in [0.2, 0.25) is 11.9 Å². The van der Waals surface area contributed by atoms with Crippen molar-refractivity contribution in [1.82, 2.24) is 0 Å². The molecule has 0 aliphatic carbocycles. The fourth-order valence-electron chi connectivity index (χ4n) is 2.63. The normalized spacial score (nSPS) is 21.1. The minimum atomic E-state index is -1.19. The number of ketones is 1. The Hall–Kier alpha value is -2.59. The summed E-state index contributed by atoms with van der Waals surface area (Å²) < 4.78 is 11.4. The van der Waals surface area contributed by atoms with Crippen LogP contribution in [0.15, 0.2) is 59.0 Å². The van der Waals surface area contributed by atoms with Gasteiger partial charge in [0.25, 0.3) is 0 Å². The predicted octanol–water partition coefficient (Wildman–Crippen LogP) is 3.17. The summed E-state index contributed by atoms with van der Waals surface area (Å²) in [7, 11) is 0. The second-order valence-corrected chi connectivity index (χ2v) is 5.03. The highest BCUT2D eigenvalue weighted by atomic mass is 16.5. The van der Waals surface area contributed by atoms with Crippen LogP contribution in [0.25, 0.3) is 11.0 Å². The van der Waals surface area contributed by atoms with Gasteiger partial charge in [0.1, 0.15) is 17.4 Å². The van der Waals surface area contributed by atoms with E-state index in [1.807, 2.05) is 24.3 Å². The van der Waals surface area contributed by atoms with Crippen molar-refractivity contribution in [2.24, 2.45) is 0 Å². The summed E-state index contributed by atoms with van der Waals surface area (Å²) in [6.07, 6.45) is -2.10. The number of aliphatic hydroxyl groups excluding tert-OH is 1. The van der Waals surface area contributed by atoms with Crippen molar-refractivity contribution in [1.29, 1.82) is 0 Å². The largest absolute Gasteiger partial charge is 0.474 e. The number of aliphatic hydroxyl groups is 1. The van der Waals surface area contributed by atoms with Crippen molar-refractivity contribution in [2.75, 3.05) is 0 Å². The summed E-state index contributed by atoms with van der Waals surface area (Å²) in [4.78, 5) is 12.3. The predicted molar refractivity (Wildman–Crippen MR) is 76.0 cm³/mol. The molecular formula is C17H12O4. The maximum atomic E-state index is 12.3. The van der Waals surface area contributed by atoms with E-state index in [4.69, 9.17) is 9.15 Å². The van der Waals surface area contributed by atoms with Crippen molar-refractivity contribution in [3.8, 4) is 5.75 Å². The van der Waals surface area contributed by atoms with Crippen LogP contribution in [0, 0.1) is 0 Å². The summed E-state index contributed by atoms with van der Waals surface area (Å²) in [5.41, 5.74) is 1.19. The van der Waals surface area contributed by atoms with Gasteiger partial charge in [-0.3, -0.25) is 4.79 Å². The van der Waals surface area contributed by atoms with Crippen molar-refractivity contribution < 1.29 is 19.1 Å². The van der Waals surface area contributed by atoms with E-state index >= 15 is 0 Å². The molecule has 0 amide bonds. The van der Waals surface area contributed by atoms with Crippen molar-refractivity contribution in [3.63, 3.8) is 0 Å². The van der Waals surface area contributed by atoms with E-state index in [9.17, 15) is 9.90 Å². The number of Topliss-reactive ketones (excluding diaryl/α,β-unsaturated/α-hetero) is 1. The molecule has 4 rings (SSSR count). The van der Waals surface area contributed by atoms with Gasteiger partial charge >= 0.3 is 0 Å². The average molecular weight is 280 g/mol. The second kappa shape index (κ2) is 4.46. The monoisotopic (exact) mass is 280 g/mol. The number of hydrogen-bond donors (Lipinski definition) is 1. The Kier molecular flexibility index (Phi) is 2.59. The third kappa shape index (κ3) is 1.84. The smallest absolute Gasteiger partial charge is 0.217 e. The maximum Gasteiger partial charge on any atom is 0.217 e. The van der Waals surface area contributed by atoms with Gasteiger partial charge in [-0.15, -0.1) is 0 Å². The Labute approximate surface area is 120 Å². The molecule has 0 saturated heterocycles. The summed E-state index contributed by atoms with van der Waals surface area (Å²) in [5, 5.41) is 11.1. The highest BCUT2D eigenvalue weighted by Gasteiger charge is 2.38. The first-order valence-electron chi connectivity index (χ1n) is 6.70. The van der Waals surface area contributed by atoms with Crippen LogP contribution in [0.3, 0.4) is 0 Å². The highest BCUT2D eigenvalue weighted by molar-refractivity contribution is 5.92. The van der Waals surface area contributed by atoms with Crippen LogP contribution in [-0.2, 0) is 4.79 Å². The number of rotatable bonds is 1. The SMILES string of the molecule is O=C1C(O)c2ccccc2OC1c1cc2ccccc2o1. The van der Waals surface area contributed by atoms with Gasteiger partial charge < -0.3 is 14.3 Å². The first-order valence-corrected chi connectivity index (χ1v) is 6.70. The molecule has 2 aromatic carbocycles. The molecule has 1 N–H and O–H groups in total. The molecule has 21 heavy (non-hydrogen) atoms. The van der Waals surface area contributed by atoms with Gasteiger partial charge in [0, 0.05) is 10.9 Å². The molecular weight excluding hydrogens is 268 g/mol. The number of carbonyl (C=O) groups is 1. The van der Waals surface area contributed by atoms with E-state index in [0.29, 0.717) is 22.7 Å². The van der Waals surface area contributed by atoms with Gasteiger partial charge in [-0.05, 0) is 18.2 Å². The zero-order valence-corrected chi connectivity index (χ0v) is 11.0. The number of fused-ring (bicyclic) bond motifs is 2. The van der Waals surface area contributed by atoms with Crippen LogP contribution >= 0.6 is 0 Å². The molecule has 0 radical (unpaired) electrons. The van der Waals surface area contributed by atoms with E-state index < -0.39 is 18.0 Å². The van der Waals surface area contributed by atoms with Gasteiger partial charge in [0.05, 0.1) is 0 Å². The number of ether oxygens (including phenoxy) is 1. The fraction of sp³-hybridized carbons (Fsp3) is 0.118. The highest BCUT2D eigenvalue weighted by Crippen LogP contribution is 2.39. The van der Waals surface area contributed by atoms with E-state index in [-0.39, 0.29) is 0 Å². The number of hydrogen-bond acceptors (Lipinski definition) is 4. The Morgan fingerprint density at radius 2 is 1.76 bits per heavy atom. The van der Waals surface area contributed by atoms with Gasteiger partial charge in [-0.1, -0.05) is 36.4 Å². The molecule has 2 atom stereocenters. The Morgan fingerprint density at radius 3 is 2.62 bits per heavy atom. The zero-order chi connectivity index (χ0) is 14.4. The second-order valence-electron chi connectivity index (χ2n) is 5.03. The first kappa shape index (κ1) is 12.2. The van der Waals surface area contributed by atoms with Crippen LogP contribution in [0.5, 0.6) is 5.75 Å². The van der Waals surface area contributed by atoms with Crippen LogP contribution in [0.4, 0.5) is 0 Å². The molecule has 1 aliphatic rings. The van der Waals surface area contributed by atoms with Crippen LogP contribution in [0.2, 0.25) is 0 Å². The van der Waals surface area contributed by atoms with Gasteiger partial charge in [-0.2, -0.15) is 0 Å². The molecule has 4 heteroatoms. The minimum absolute atomic E-state index is 0.409. The van der Waals surface area contributed by atoms with Crippen LogP contribution in [-0.4, -0.2) is 10.9 Å². The lowest BCUT2D eigenvalue weighted by atomic mass is 9.96. The molecule has 2 unspecified atom stereocenters. The molecule has 1 aromatic heterocycles. The molecule has 0 fully saturated rings. The lowest BCUT2D eigenvalue weighted by Gasteiger charge is -2.26. The lowest BCUT2D eigenvalue weighted by molar-refractivity contribution is -0.137. The lowest BCUT2D eigenvalue weighted by Crippen LogP contribution is -2.29. The number of furan rings is 1. The molecule has 2 heterocycles. The molecule has 4 nitrogen and oxygen atoms in total. The maximum absolute atomic E-state index is 12.3. The van der Waals surface area contributed by atoms with Crippen molar-refractivity contribution in [3.05, 3.63) is 65.9 Å². The number of carbonyl (C=O) groups excluding carboxylic acids is 1. The molecule has 0 saturated carbocycles. The van der Waals surface area contributed by atoms with E-state index in [1.165, 1.54) is 0 Å². The molecule has 0 bridgehead atoms. The Morgan fingerprint density at radius 1 is 1.00 bits per heavy atom. The topological polar surface area (TPSA) is 59.7 Å². The van der Waals surface area contributed by atoms with E-state index in [2.05, 4.69) is 0 Å². The molecule has 1 aliphatic heterocycles. The fourth-order valence-corrected chi connectivity index (χ4v) is 2.63. The third-order valence-electron chi connectivity index (χ3n) is 3.69. The molecule has 3 aromatic rings. The average Bonchev–Trinajstić information content (AvgIpc) is 2.94. The Balaban J connectivity index is 1.80. The van der Waals surface area contributed by atoms with Crippen molar-refractivity contribution in [2.45, 2.75) is 12.2 Å². The number of benzene rings is 2. The van der Waals surface area contributed by atoms with E-state index in [1.54, 1.807) is 30.3 Å². The van der Waals surface area contributed by atoms with Gasteiger partial charge in [-0.25, -0.2) is 0 Å². The molecule has 104 valence electrons. The summed E-state index contributed by atoms with van der Waals surface area (Å²) in [6, 6.07) is 16.3. The summed E-state index contributed by atoms with van der Waals surface area (Å²) in [5.74, 6) is 0.512. The quantitative estimate of drug-likeness (QED) is 0.743. The van der Waals surface area contributed by atoms with Crippen LogP contribution < -0.4 is 4.74 Å². The standard InChI is InChI=1S/C17H12O4/c18-15-11-6-2-4-8-13(11)21-17(16(15)19)14-9-10-5-1-3-7-12(10)20-14/h1-9,15,17-18H. The number of para-hydroxylation sites is 2. The first-order chi connectivity index (χ1) is 10.2. The third-order valence-corrected chi connectivity index (χ3v) is 3.69. The Bertz CT molecular complexity index is 800. The summed E-state index contributed by atoms with van der Waals surface area (Å²) >= 11 is 0. The van der Waals surface area contributed by atoms with Gasteiger partial charge in [0.15, 0.2) is 5.76 Å². The molecule has 0 spiro atoms. The minimum Gasteiger partial charge on any atom is -0.474 e. The zero-order valence-electron chi connectivity index (χ0n) is 11.0. The van der Waals surface area contributed by atoms with Crippen molar-refractivity contribution >= 4 is 16.8 Å². The summed E-state index contributed by atoms with van der Waals surface area (Å²) in [6.45, 7) is 0. The van der Waals surface area contributed by atoms with Crippen LogP contribution in [0.1, 0.15) is 23.5 Å².